The van der Waals surface area contributed by atoms with E-state index in [1.165, 1.54) is 23.8 Å². The van der Waals surface area contributed by atoms with Crippen LogP contribution in [-0.4, -0.2) is 54.6 Å². The minimum Gasteiger partial charge on any atom is -0.382 e. The van der Waals surface area contributed by atoms with E-state index in [2.05, 4.69) is 15.3 Å². The van der Waals surface area contributed by atoms with Crippen molar-refractivity contribution in [1.82, 2.24) is 20.2 Å². The molecule has 3 aromatic rings. The predicted molar refractivity (Wildman–Crippen MR) is 134 cm³/mol. The number of alkyl halides is 2. The number of hydrogen-bond donors (Lipinski definition) is 2. The van der Waals surface area contributed by atoms with Gasteiger partial charge in [-0.15, -0.1) is 0 Å². The van der Waals surface area contributed by atoms with Crippen LogP contribution in [0.15, 0.2) is 36.4 Å². The minimum atomic E-state index is -3.26. The SMILES string of the molecule is CN(C)Cc1cc(-c2nc(-c3ccc4c(c3)C(F)(F)CNC4=O)c(N)nc2F)ccc1C1CCOCC1. The lowest BCUT2D eigenvalue weighted by molar-refractivity contribution is -0.00833. The summed E-state index contributed by atoms with van der Waals surface area (Å²) in [5.41, 5.74) is 8.49. The molecular formula is C27H28F3N5O2. The monoisotopic (exact) mass is 511 g/mol. The number of nitrogens with two attached hydrogens (primary N) is 1. The number of amides is 1. The number of carbonyl (C=O) groups excluding carboxylic acids is 1. The highest BCUT2D eigenvalue weighted by atomic mass is 19.3. The highest BCUT2D eigenvalue weighted by molar-refractivity contribution is 5.98. The van der Waals surface area contributed by atoms with Crippen LogP contribution in [0.1, 0.15) is 45.8 Å². The number of halogens is 3. The van der Waals surface area contributed by atoms with E-state index in [1.807, 2.05) is 37.2 Å². The first-order valence-corrected chi connectivity index (χ1v) is 12.1. The summed E-state index contributed by atoms with van der Waals surface area (Å²) in [6, 6.07) is 9.66. The summed E-state index contributed by atoms with van der Waals surface area (Å²) in [7, 11) is 3.93. The molecule has 1 fully saturated rings. The summed E-state index contributed by atoms with van der Waals surface area (Å²) in [4.78, 5) is 22.4. The van der Waals surface area contributed by atoms with Crippen molar-refractivity contribution in [2.24, 2.45) is 0 Å². The molecule has 0 bridgehead atoms. The van der Waals surface area contributed by atoms with E-state index in [1.54, 1.807) is 0 Å². The molecule has 2 aromatic carbocycles. The van der Waals surface area contributed by atoms with E-state index in [0.29, 0.717) is 31.2 Å². The first-order valence-electron chi connectivity index (χ1n) is 12.1. The number of ether oxygens (including phenoxy) is 1. The molecule has 7 nitrogen and oxygen atoms in total. The number of aromatic nitrogens is 2. The summed E-state index contributed by atoms with van der Waals surface area (Å²) >= 11 is 0. The van der Waals surface area contributed by atoms with Crippen molar-refractivity contribution in [2.75, 3.05) is 39.6 Å². The molecule has 3 N–H and O–H groups in total. The molecule has 1 amide bonds. The molecule has 0 aliphatic carbocycles. The van der Waals surface area contributed by atoms with Crippen molar-refractivity contribution in [2.45, 2.75) is 31.2 Å². The standard InChI is InChI=1S/C27H28F3N5O2/c1-35(2)13-18-11-16(3-5-19(18)15-7-9-37-10-8-15)22-24(28)34-25(31)23(33-22)17-4-6-20-21(12-17)27(29,30)14-32-26(20)36/h3-6,11-12,15H,7-10,13-14H2,1-2H3,(H2,31,34)(H,32,36). The van der Waals surface area contributed by atoms with Gasteiger partial charge in [0.15, 0.2) is 5.82 Å². The number of rotatable bonds is 5. The molecular weight excluding hydrogens is 483 g/mol. The topological polar surface area (TPSA) is 93.4 Å². The summed E-state index contributed by atoms with van der Waals surface area (Å²) in [6.45, 7) is 1.26. The number of nitrogens with zero attached hydrogens (tertiary/aromatic N) is 3. The molecule has 0 saturated carbocycles. The fourth-order valence-electron chi connectivity index (χ4n) is 5.03. The molecule has 3 heterocycles. The van der Waals surface area contributed by atoms with Gasteiger partial charge in [-0.05, 0) is 62.2 Å². The Morgan fingerprint density at radius 2 is 1.78 bits per heavy atom. The van der Waals surface area contributed by atoms with Gasteiger partial charge in [0.05, 0.1) is 6.54 Å². The fourth-order valence-corrected chi connectivity index (χ4v) is 5.03. The van der Waals surface area contributed by atoms with Crippen LogP contribution in [0.4, 0.5) is 19.0 Å². The summed E-state index contributed by atoms with van der Waals surface area (Å²) in [6.07, 6.45) is 1.84. The second-order valence-electron chi connectivity index (χ2n) is 9.78. The average Bonchev–Trinajstić information content (AvgIpc) is 2.87. The first-order chi connectivity index (χ1) is 17.6. The zero-order chi connectivity index (χ0) is 26.3. The third-order valence-corrected chi connectivity index (χ3v) is 6.85. The van der Waals surface area contributed by atoms with Gasteiger partial charge in [0.2, 0.25) is 5.95 Å². The molecule has 0 radical (unpaired) electrons. The number of fused-ring (bicyclic) bond motifs is 1. The van der Waals surface area contributed by atoms with Gasteiger partial charge in [-0.1, -0.05) is 18.2 Å². The number of carbonyl (C=O) groups is 1. The Balaban J connectivity index is 1.59. The van der Waals surface area contributed by atoms with Crippen LogP contribution in [0, 0.1) is 5.95 Å². The number of nitrogens with one attached hydrogen (secondary N) is 1. The van der Waals surface area contributed by atoms with Crippen LogP contribution in [0.3, 0.4) is 0 Å². The van der Waals surface area contributed by atoms with E-state index >= 15 is 4.39 Å². The number of nitrogen functional groups attached to an aromatic ring is 1. The lowest BCUT2D eigenvalue weighted by atomic mass is 9.87. The normalized spacial score (nSPS) is 17.5. The van der Waals surface area contributed by atoms with Crippen LogP contribution < -0.4 is 11.1 Å². The lowest BCUT2D eigenvalue weighted by Crippen LogP contribution is -2.41. The Hall–Kier alpha value is -3.50. The average molecular weight is 512 g/mol. The van der Waals surface area contributed by atoms with Crippen LogP contribution in [0.2, 0.25) is 0 Å². The van der Waals surface area contributed by atoms with Gasteiger partial charge in [0.25, 0.3) is 11.8 Å². The first kappa shape index (κ1) is 25.2. The Morgan fingerprint density at radius 3 is 2.51 bits per heavy atom. The molecule has 0 unspecified atom stereocenters. The molecule has 194 valence electrons. The lowest BCUT2D eigenvalue weighted by Gasteiger charge is -2.26. The van der Waals surface area contributed by atoms with Gasteiger partial charge in [-0.2, -0.15) is 18.2 Å². The van der Waals surface area contributed by atoms with Crippen LogP contribution in [0.5, 0.6) is 0 Å². The fraction of sp³-hybridized carbons (Fsp3) is 0.370. The van der Waals surface area contributed by atoms with E-state index in [9.17, 15) is 13.6 Å². The van der Waals surface area contributed by atoms with Gasteiger partial charge in [0.1, 0.15) is 11.4 Å². The molecule has 0 atom stereocenters. The second kappa shape index (κ2) is 9.75. The van der Waals surface area contributed by atoms with Gasteiger partial charge in [-0.3, -0.25) is 4.79 Å². The molecule has 1 saturated heterocycles. The zero-order valence-corrected chi connectivity index (χ0v) is 20.7. The summed E-state index contributed by atoms with van der Waals surface area (Å²) in [5.74, 6) is -4.56. The van der Waals surface area contributed by atoms with Gasteiger partial charge < -0.3 is 20.7 Å². The van der Waals surface area contributed by atoms with Crippen molar-refractivity contribution in [3.8, 4) is 22.5 Å². The van der Waals surface area contributed by atoms with Crippen molar-refractivity contribution in [3.05, 3.63) is 64.6 Å². The Kier molecular flexibility index (Phi) is 6.63. The third kappa shape index (κ3) is 4.91. The number of anilines is 1. The van der Waals surface area contributed by atoms with Crippen LogP contribution in [-0.2, 0) is 17.2 Å². The van der Waals surface area contributed by atoms with Crippen molar-refractivity contribution >= 4 is 11.7 Å². The predicted octanol–water partition coefficient (Wildman–Crippen LogP) is 4.32. The smallest absolute Gasteiger partial charge is 0.290 e. The van der Waals surface area contributed by atoms with E-state index in [4.69, 9.17) is 10.5 Å². The largest absolute Gasteiger partial charge is 0.382 e. The quantitative estimate of drug-likeness (QED) is 0.530. The van der Waals surface area contributed by atoms with Crippen molar-refractivity contribution in [1.29, 1.82) is 0 Å². The van der Waals surface area contributed by atoms with E-state index < -0.39 is 29.9 Å². The van der Waals surface area contributed by atoms with Crippen LogP contribution in [0.25, 0.3) is 22.5 Å². The van der Waals surface area contributed by atoms with Crippen molar-refractivity contribution in [3.63, 3.8) is 0 Å². The molecule has 0 spiro atoms. The Bertz CT molecular complexity index is 1360. The minimum absolute atomic E-state index is 0.0232. The Morgan fingerprint density at radius 1 is 1.08 bits per heavy atom. The van der Waals surface area contributed by atoms with Gasteiger partial charge in [0, 0.05) is 42.0 Å². The molecule has 2 aliphatic rings. The summed E-state index contributed by atoms with van der Waals surface area (Å²) in [5, 5.41) is 2.18. The molecule has 10 heteroatoms. The van der Waals surface area contributed by atoms with Gasteiger partial charge in [-0.25, -0.2) is 4.98 Å². The van der Waals surface area contributed by atoms with E-state index in [-0.39, 0.29) is 28.3 Å². The second-order valence-corrected chi connectivity index (χ2v) is 9.78. The number of benzene rings is 2. The third-order valence-electron chi connectivity index (χ3n) is 6.85. The molecule has 5 rings (SSSR count). The van der Waals surface area contributed by atoms with E-state index in [0.717, 1.165) is 18.4 Å². The highest BCUT2D eigenvalue weighted by Gasteiger charge is 2.40. The zero-order valence-electron chi connectivity index (χ0n) is 20.7. The summed E-state index contributed by atoms with van der Waals surface area (Å²) < 4.78 is 49.7. The highest BCUT2D eigenvalue weighted by Crippen LogP contribution is 2.38. The Labute approximate surface area is 212 Å². The maximum Gasteiger partial charge on any atom is 0.290 e. The molecule has 37 heavy (non-hydrogen) atoms. The molecule has 2 aliphatic heterocycles. The maximum absolute atomic E-state index is 15.1. The maximum atomic E-state index is 15.1. The van der Waals surface area contributed by atoms with Crippen LogP contribution >= 0.6 is 0 Å². The van der Waals surface area contributed by atoms with Crippen molar-refractivity contribution < 1.29 is 22.7 Å². The van der Waals surface area contributed by atoms with Gasteiger partial charge >= 0.3 is 0 Å². The molecule has 1 aromatic heterocycles. The number of hydrogen-bond acceptors (Lipinski definition) is 6.